The summed E-state index contributed by atoms with van der Waals surface area (Å²) in [6, 6.07) is 8.77. The topological polar surface area (TPSA) is 440 Å². The van der Waals surface area contributed by atoms with Gasteiger partial charge in [0, 0.05) is 68.3 Å². The van der Waals surface area contributed by atoms with Gasteiger partial charge in [-0.1, -0.05) is 48.5 Å². The predicted molar refractivity (Wildman–Crippen MR) is 278 cm³/mol. The molecule has 0 bridgehead atoms. The van der Waals surface area contributed by atoms with Gasteiger partial charge in [0.25, 0.3) is 0 Å². The molecule has 2 aromatic carbocycles. The van der Waals surface area contributed by atoms with Crippen LogP contribution in [-0.2, 0) is 60.8 Å². The van der Waals surface area contributed by atoms with Gasteiger partial charge in [-0.15, -0.1) is 0 Å². The zero-order chi connectivity index (χ0) is 55.0. The second-order valence-electron chi connectivity index (χ2n) is 18.5. The quantitative estimate of drug-likeness (QED) is 0.0363. The zero-order valence-corrected chi connectivity index (χ0v) is 42.1. The molecule has 19 N–H and O–H groups in total. The molecule has 1 aromatic heterocycles. The number of nitrogens with one attached hydrogen (secondary N) is 7. The molecule has 0 radical (unpaired) electrons. The minimum absolute atomic E-state index is 0.00828. The first kappa shape index (κ1) is 59.2. The summed E-state index contributed by atoms with van der Waals surface area (Å²) in [7, 11) is 0. The second kappa shape index (κ2) is 30.0. The van der Waals surface area contributed by atoms with Crippen molar-refractivity contribution in [3.8, 4) is 0 Å². The van der Waals surface area contributed by atoms with Gasteiger partial charge in [-0.2, -0.15) is 0 Å². The average molecular weight is 1040 g/mol. The highest BCUT2D eigenvalue weighted by Crippen LogP contribution is 2.26. The molecule has 4 rings (SSSR count). The number of primary amides is 2. The Morgan fingerprint density at radius 1 is 0.707 bits per heavy atom. The standard InChI is InChI=1S/C50H71N15O10/c1-28(66)61-35(17-10-20-59-50(55)56)46(73)62-36-16-7-8-18-57-43(70)26-38(44(52)71)64-45(72)31(22-32-27-60-34-15-6-5-14-33(32)34)24-40(67)30(13-9-19-58-49(53)54)23-41(68)37(21-29-11-3-2-4-12-29)63-48(75)39(25-42(51)69)65-47(36)74/h2-6,11-12,14-15,27,30-31,35-39,60H,7-10,13,16-26H2,1H3,(H2,51,69)(H2,52,71)(H,57,70)(H,61,66)(H,62,73)(H,63,75)(H,64,72)(H,65,74)(H4,53,54,58)(H4,55,56,59)/t30-,31-,35+,36+,37-,38+,39+/m1/s1. The Morgan fingerprint density at radius 2 is 1.36 bits per heavy atom. The maximum atomic E-state index is 14.7. The van der Waals surface area contributed by atoms with Crippen LogP contribution >= 0.6 is 0 Å². The fourth-order valence-corrected chi connectivity index (χ4v) is 8.62. The fraction of sp³-hybridized carbons (Fsp3) is 0.480. The third-order valence-corrected chi connectivity index (χ3v) is 12.5. The number of ketones is 2. The van der Waals surface area contributed by atoms with Crippen molar-refractivity contribution in [3.63, 3.8) is 0 Å². The average Bonchev–Trinajstić information content (AvgIpc) is 3.76. The summed E-state index contributed by atoms with van der Waals surface area (Å²) in [4.78, 5) is 148. The number of aromatic nitrogens is 1. The molecule has 7 atom stereocenters. The molecule has 0 spiro atoms. The highest BCUT2D eigenvalue weighted by molar-refractivity contribution is 5.99. The maximum Gasteiger partial charge on any atom is 0.243 e. The van der Waals surface area contributed by atoms with Crippen molar-refractivity contribution in [3.05, 3.63) is 71.9 Å². The number of benzene rings is 2. The first-order chi connectivity index (χ1) is 35.7. The molecule has 1 saturated heterocycles. The van der Waals surface area contributed by atoms with Gasteiger partial charge < -0.3 is 71.3 Å². The first-order valence-corrected chi connectivity index (χ1v) is 24.8. The van der Waals surface area contributed by atoms with Crippen LogP contribution < -0.4 is 66.3 Å². The SMILES string of the molecule is CC(=O)N[C@@H](CCCN=C(N)N)C(=O)N[C@H]1CCCCNC(=O)C[C@@H](C(N)=O)NC(=O)[C@H](Cc2c[nH]c3ccccc23)CC(=O)[C@H](CCCN=C(N)N)CC(=O)[C@@H](Cc2ccccc2)NC(=O)[C@H](CC(N)=O)NC1=O. The largest absolute Gasteiger partial charge is 0.370 e. The number of carbonyl (C=O) groups excluding carboxylic acids is 10. The molecule has 2 heterocycles. The van der Waals surface area contributed by atoms with Gasteiger partial charge in [0.1, 0.15) is 30.0 Å². The van der Waals surface area contributed by atoms with Gasteiger partial charge in [-0.25, -0.2) is 0 Å². The molecule has 1 aliphatic rings. The third kappa shape index (κ3) is 20.6. The number of aliphatic imine (C=N–C) groups is 2. The molecule has 406 valence electrons. The number of H-pyrrole nitrogens is 1. The number of aromatic amines is 1. The van der Waals surface area contributed by atoms with E-state index in [0.29, 0.717) is 11.1 Å². The van der Waals surface area contributed by atoms with Crippen molar-refractivity contribution in [2.24, 2.45) is 56.2 Å². The molecule has 0 saturated carbocycles. The van der Waals surface area contributed by atoms with Gasteiger partial charge in [0.2, 0.25) is 47.3 Å². The van der Waals surface area contributed by atoms with Crippen LogP contribution in [0.2, 0.25) is 0 Å². The number of hydrogen-bond donors (Lipinski definition) is 13. The molecule has 25 nitrogen and oxygen atoms in total. The minimum Gasteiger partial charge on any atom is -0.370 e. The van der Waals surface area contributed by atoms with Crippen LogP contribution in [-0.4, -0.2) is 126 Å². The van der Waals surface area contributed by atoms with Gasteiger partial charge in [0.15, 0.2) is 17.7 Å². The second-order valence-corrected chi connectivity index (χ2v) is 18.5. The van der Waals surface area contributed by atoms with Crippen molar-refractivity contribution in [2.45, 2.75) is 121 Å². The van der Waals surface area contributed by atoms with E-state index in [1.54, 1.807) is 36.5 Å². The lowest BCUT2D eigenvalue weighted by Crippen LogP contribution is -2.58. The van der Waals surface area contributed by atoms with Crippen molar-refractivity contribution in [2.75, 3.05) is 19.6 Å². The van der Waals surface area contributed by atoms with E-state index in [1.807, 2.05) is 24.3 Å². The number of nitrogens with two attached hydrogens (primary N) is 6. The molecule has 8 amide bonds. The summed E-state index contributed by atoms with van der Waals surface area (Å²) < 4.78 is 0. The Bertz CT molecular complexity index is 2560. The summed E-state index contributed by atoms with van der Waals surface area (Å²) in [6.07, 6.45) is 0.165. The summed E-state index contributed by atoms with van der Waals surface area (Å²) in [5.74, 6) is -10.5. The molecular formula is C50H71N15O10. The molecule has 0 unspecified atom stereocenters. The van der Waals surface area contributed by atoms with E-state index < -0.39 is 127 Å². The van der Waals surface area contributed by atoms with Gasteiger partial charge in [-0.3, -0.25) is 57.9 Å². The minimum atomic E-state index is -1.69. The third-order valence-electron chi connectivity index (χ3n) is 12.5. The summed E-state index contributed by atoms with van der Waals surface area (Å²) >= 11 is 0. The van der Waals surface area contributed by atoms with Crippen molar-refractivity contribution in [1.29, 1.82) is 0 Å². The van der Waals surface area contributed by atoms with E-state index >= 15 is 0 Å². The van der Waals surface area contributed by atoms with Crippen LogP contribution in [0.15, 0.2) is 70.8 Å². The van der Waals surface area contributed by atoms with Crippen LogP contribution in [0.1, 0.15) is 88.7 Å². The predicted octanol–water partition coefficient (Wildman–Crippen LogP) is -2.29. The highest BCUT2D eigenvalue weighted by Gasteiger charge is 2.36. The van der Waals surface area contributed by atoms with Crippen LogP contribution in [0.25, 0.3) is 10.9 Å². The van der Waals surface area contributed by atoms with E-state index in [0.717, 1.165) is 10.9 Å². The lowest BCUT2D eigenvalue weighted by molar-refractivity contribution is -0.136. The van der Waals surface area contributed by atoms with Crippen LogP contribution in [0.4, 0.5) is 0 Å². The number of nitrogens with zero attached hydrogens (tertiary/aromatic N) is 2. The number of para-hydroxylation sites is 1. The molecular weight excluding hydrogens is 971 g/mol. The number of amides is 8. The highest BCUT2D eigenvalue weighted by atomic mass is 16.2. The smallest absolute Gasteiger partial charge is 0.243 e. The Balaban J connectivity index is 1.77. The van der Waals surface area contributed by atoms with Crippen LogP contribution in [0.3, 0.4) is 0 Å². The number of Topliss-reactive ketones (excluding diaryl/α,β-unsaturated/α-hetero) is 2. The first-order valence-electron chi connectivity index (χ1n) is 24.8. The van der Waals surface area contributed by atoms with E-state index in [1.165, 1.54) is 6.92 Å². The summed E-state index contributed by atoms with van der Waals surface area (Å²) in [6.45, 7) is 1.39. The lowest BCUT2D eigenvalue weighted by atomic mass is 9.83. The Kier molecular flexibility index (Phi) is 23.6. The van der Waals surface area contributed by atoms with E-state index in [-0.39, 0.29) is 89.3 Å². The summed E-state index contributed by atoms with van der Waals surface area (Å²) in [5, 5.41) is 16.4. The normalized spacial score (nSPS) is 21.2. The number of hydrogen-bond acceptors (Lipinski definition) is 12. The number of carbonyl (C=O) groups is 10. The molecule has 0 aliphatic carbocycles. The Hall–Kier alpha value is -8.38. The van der Waals surface area contributed by atoms with Crippen LogP contribution in [0, 0.1) is 11.8 Å². The molecule has 1 fully saturated rings. The number of rotatable bonds is 18. The molecule has 75 heavy (non-hydrogen) atoms. The van der Waals surface area contributed by atoms with Crippen molar-refractivity contribution in [1.82, 2.24) is 36.9 Å². The van der Waals surface area contributed by atoms with E-state index in [9.17, 15) is 47.9 Å². The summed E-state index contributed by atoms with van der Waals surface area (Å²) in [5.41, 5.74) is 35.4. The van der Waals surface area contributed by atoms with Gasteiger partial charge in [-0.05, 0) is 75.0 Å². The van der Waals surface area contributed by atoms with E-state index in [4.69, 9.17) is 34.4 Å². The number of fused-ring (bicyclic) bond motifs is 1. The fourth-order valence-electron chi connectivity index (χ4n) is 8.62. The van der Waals surface area contributed by atoms with Gasteiger partial charge >= 0.3 is 0 Å². The molecule has 3 aromatic rings. The zero-order valence-electron chi connectivity index (χ0n) is 42.1. The Morgan fingerprint density at radius 3 is 2.03 bits per heavy atom. The molecule has 1 aliphatic heterocycles. The number of guanidine groups is 2. The van der Waals surface area contributed by atoms with Gasteiger partial charge in [0.05, 0.1) is 18.9 Å². The van der Waals surface area contributed by atoms with E-state index in [2.05, 4.69) is 46.9 Å². The van der Waals surface area contributed by atoms with Crippen LogP contribution in [0.5, 0.6) is 0 Å². The maximum absolute atomic E-state index is 14.7. The lowest BCUT2D eigenvalue weighted by Gasteiger charge is -2.27. The van der Waals surface area contributed by atoms with Crippen molar-refractivity contribution < 1.29 is 47.9 Å². The Labute approximate surface area is 433 Å². The molecule has 25 heteroatoms. The van der Waals surface area contributed by atoms with Crippen molar-refractivity contribution >= 4 is 81.6 Å². The monoisotopic (exact) mass is 1040 g/mol.